The van der Waals surface area contributed by atoms with E-state index in [4.69, 9.17) is 4.42 Å². The number of nitrogens with one attached hydrogen (secondary N) is 2. The number of thiazole rings is 1. The molecule has 2 N–H and O–H groups in total. The Hall–Kier alpha value is -3.35. The van der Waals surface area contributed by atoms with E-state index in [0.717, 1.165) is 32.1 Å². The lowest BCUT2D eigenvalue weighted by atomic mass is 9.70. The van der Waals surface area contributed by atoms with Crippen LogP contribution < -0.4 is 10.6 Å². The number of likely N-dealkylation sites (N-methyl/N-ethyl adjacent to an activating group) is 1. The summed E-state index contributed by atoms with van der Waals surface area (Å²) in [6.45, 7) is 5.47. The third kappa shape index (κ3) is 5.13. The van der Waals surface area contributed by atoms with Gasteiger partial charge in [0.2, 0.25) is 23.6 Å². The summed E-state index contributed by atoms with van der Waals surface area (Å²) in [6.07, 6.45) is 7.67. The van der Waals surface area contributed by atoms with Gasteiger partial charge in [-0.1, -0.05) is 33.1 Å². The summed E-state index contributed by atoms with van der Waals surface area (Å²) in [5, 5.41) is 13.8. The van der Waals surface area contributed by atoms with Gasteiger partial charge >= 0.3 is 0 Å². The lowest BCUT2D eigenvalue weighted by molar-refractivity contribution is -0.152. The minimum atomic E-state index is -1.16. The van der Waals surface area contributed by atoms with E-state index in [0.29, 0.717) is 30.4 Å². The molecule has 0 aromatic carbocycles. The summed E-state index contributed by atoms with van der Waals surface area (Å²) >= 11 is 1.25. The Morgan fingerprint density at radius 3 is 2.39 bits per heavy atom. The fourth-order valence-corrected chi connectivity index (χ4v) is 7.35. The average Bonchev–Trinajstić information content (AvgIpc) is 3.49. The Morgan fingerprint density at radius 1 is 1.05 bits per heavy atom. The highest BCUT2D eigenvalue weighted by molar-refractivity contribution is 7.11. The molecule has 2 aromatic rings. The van der Waals surface area contributed by atoms with E-state index in [2.05, 4.69) is 39.7 Å². The van der Waals surface area contributed by atoms with E-state index in [1.54, 1.807) is 10.4 Å². The van der Waals surface area contributed by atoms with Crippen LogP contribution in [0.4, 0.5) is 0 Å². The zero-order chi connectivity index (χ0) is 28.9. The van der Waals surface area contributed by atoms with Crippen molar-refractivity contribution in [2.75, 3.05) is 33.2 Å². The van der Waals surface area contributed by atoms with Crippen molar-refractivity contribution >= 4 is 35.0 Å². The normalized spacial score (nSPS) is 25.4. The number of rotatable bonds is 7. The second-order valence-electron chi connectivity index (χ2n) is 12.8. The highest BCUT2D eigenvalue weighted by Crippen LogP contribution is 2.54. The first kappa shape index (κ1) is 27.8. The first-order chi connectivity index (χ1) is 19.6. The smallest absolute Gasteiger partial charge is 0.265 e. The number of hydrogen-bond acceptors (Lipinski definition) is 9. The molecule has 2 saturated heterocycles. The van der Waals surface area contributed by atoms with Gasteiger partial charge < -0.3 is 24.9 Å². The van der Waals surface area contributed by atoms with Crippen molar-refractivity contribution in [2.24, 2.45) is 22.7 Å². The molecule has 4 heterocycles. The van der Waals surface area contributed by atoms with E-state index in [9.17, 15) is 19.2 Å². The third-order valence-electron chi connectivity index (χ3n) is 9.48. The van der Waals surface area contributed by atoms with Crippen molar-refractivity contribution < 1.29 is 23.6 Å². The summed E-state index contributed by atoms with van der Waals surface area (Å²) < 4.78 is 5.95. The van der Waals surface area contributed by atoms with Crippen LogP contribution in [0.5, 0.6) is 0 Å². The molecule has 220 valence electrons. The Morgan fingerprint density at radius 2 is 1.76 bits per heavy atom. The summed E-state index contributed by atoms with van der Waals surface area (Å²) in [5.41, 5.74) is 1.00. The molecule has 6 rings (SSSR count). The van der Waals surface area contributed by atoms with Crippen molar-refractivity contribution in [1.29, 1.82) is 0 Å². The predicted molar refractivity (Wildman–Crippen MR) is 147 cm³/mol. The van der Waals surface area contributed by atoms with Gasteiger partial charge in [0.05, 0.1) is 17.6 Å². The second-order valence-corrected chi connectivity index (χ2v) is 13.7. The van der Waals surface area contributed by atoms with E-state index >= 15 is 0 Å². The topological polar surface area (TPSA) is 151 Å². The SMILES string of the molecule is CNC(=O)C(NC(=O)[C@@H]1CN(C(=O)c2cncs2)CC12CN(C(=O)[C@H]1CC1(C)C)C2)c1nnc(C2CCCCC2)o1. The quantitative estimate of drug-likeness (QED) is 0.503. The molecule has 41 heavy (non-hydrogen) atoms. The van der Waals surface area contributed by atoms with Crippen LogP contribution in [0, 0.1) is 22.7 Å². The molecule has 0 radical (unpaired) electrons. The third-order valence-corrected chi connectivity index (χ3v) is 10.2. The van der Waals surface area contributed by atoms with Gasteiger partial charge in [-0.05, 0) is 24.7 Å². The molecule has 1 unspecified atom stereocenters. The molecule has 3 atom stereocenters. The largest absolute Gasteiger partial charge is 0.422 e. The van der Waals surface area contributed by atoms with E-state index in [1.807, 2.05) is 4.90 Å². The van der Waals surface area contributed by atoms with Crippen LogP contribution in [0.25, 0.3) is 0 Å². The van der Waals surface area contributed by atoms with Gasteiger partial charge in [-0.25, -0.2) is 0 Å². The van der Waals surface area contributed by atoms with Gasteiger partial charge in [0, 0.05) is 50.5 Å². The maximum Gasteiger partial charge on any atom is 0.265 e. The minimum absolute atomic E-state index is 0.00174. The van der Waals surface area contributed by atoms with E-state index < -0.39 is 23.3 Å². The lowest BCUT2D eigenvalue weighted by Gasteiger charge is -2.50. The number of carbonyl (C=O) groups is 4. The van der Waals surface area contributed by atoms with Crippen molar-refractivity contribution in [2.45, 2.75) is 64.3 Å². The Balaban J connectivity index is 1.21. The number of aromatic nitrogens is 3. The second kappa shape index (κ2) is 10.5. The van der Waals surface area contributed by atoms with Crippen LogP contribution >= 0.6 is 11.3 Å². The van der Waals surface area contributed by atoms with Crippen LogP contribution in [-0.4, -0.2) is 81.8 Å². The molecule has 1 spiro atoms. The zero-order valence-electron chi connectivity index (χ0n) is 23.7. The number of hydrogen-bond donors (Lipinski definition) is 2. The van der Waals surface area contributed by atoms with Gasteiger partial charge in [0.15, 0.2) is 6.04 Å². The average molecular weight is 584 g/mol. The molecule has 4 fully saturated rings. The van der Waals surface area contributed by atoms with Crippen molar-refractivity contribution in [3.05, 3.63) is 28.4 Å². The summed E-state index contributed by atoms with van der Waals surface area (Å²) in [7, 11) is 1.49. The molecule has 2 aliphatic heterocycles. The molecule has 2 saturated carbocycles. The molecule has 0 bridgehead atoms. The monoisotopic (exact) mass is 583 g/mol. The predicted octanol–water partition coefficient (Wildman–Crippen LogP) is 2.12. The van der Waals surface area contributed by atoms with Gasteiger partial charge in [0.1, 0.15) is 4.88 Å². The Labute approximate surface area is 242 Å². The first-order valence-electron chi connectivity index (χ1n) is 14.4. The summed E-state index contributed by atoms with van der Waals surface area (Å²) in [4.78, 5) is 61.2. The Kier molecular flexibility index (Phi) is 7.11. The highest BCUT2D eigenvalue weighted by atomic mass is 32.1. The van der Waals surface area contributed by atoms with Gasteiger partial charge in [-0.3, -0.25) is 24.2 Å². The molecule has 12 nitrogen and oxygen atoms in total. The number of likely N-dealkylation sites (tertiary alicyclic amines) is 2. The molecule has 2 aliphatic carbocycles. The van der Waals surface area contributed by atoms with Gasteiger partial charge in [-0.15, -0.1) is 21.5 Å². The highest BCUT2D eigenvalue weighted by Gasteiger charge is 2.62. The maximum atomic E-state index is 13.9. The molecule has 4 amide bonds. The number of amides is 4. The fourth-order valence-electron chi connectivity index (χ4n) is 6.77. The Bertz CT molecular complexity index is 1330. The van der Waals surface area contributed by atoms with Crippen molar-refractivity contribution in [3.8, 4) is 0 Å². The molecular formula is C28H37N7O5S. The van der Waals surface area contributed by atoms with E-state index in [1.165, 1.54) is 31.0 Å². The van der Waals surface area contributed by atoms with Gasteiger partial charge in [0.25, 0.3) is 11.8 Å². The van der Waals surface area contributed by atoms with E-state index in [-0.39, 0.29) is 47.4 Å². The van der Waals surface area contributed by atoms with Gasteiger partial charge in [-0.2, -0.15) is 0 Å². The molecule has 13 heteroatoms. The zero-order valence-corrected chi connectivity index (χ0v) is 24.5. The maximum absolute atomic E-state index is 13.9. The number of carbonyl (C=O) groups excluding carboxylic acids is 4. The summed E-state index contributed by atoms with van der Waals surface area (Å²) in [5.74, 6) is -0.853. The van der Waals surface area contributed by atoms with Crippen LogP contribution in [0.2, 0.25) is 0 Å². The molecule has 2 aromatic heterocycles. The summed E-state index contributed by atoms with van der Waals surface area (Å²) in [6, 6.07) is -1.16. The van der Waals surface area contributed by atoms with Crippen LogP contribution in [0.1, 0.15) is 85.8 Å². The minimum Gasteiger partial charge on any atom is -0.422 e. The first-order valence-corrected chi connectivity index (χ1v) is 15.3. The van der Waals surface area contributed by atoms with Crippen LogP contribution in [-0.2, 0) is 14.4 Å². The molecular weight excluding hydrogens is 546 g/mol. The van der Waals surface area contributed by atoms with Crippen molar-refractivity contribution in [3.63, 3.8) is 0 Å². The molecule has 4 aliphatic rings. The van der Waals surface area contributed by atoms with Crippen LogP contribution in [0.15, 0.2) is 16.1 Å². The lowest BCUT2D eigenvalue weighted by Crippen LogP contribution is -2.64. The number of nitrogens with zero attached hydrogens (tertiary/aromatic N) is 5. The van der Waals surface area contributed by atoms with Crippen molar-refractivity contribution in [1.82, 2.24) is 35.6 Å². The standard InChI is InChI=1S/C28H37N7O5S/c1-27(2)9-17(27)25(38)35-13-28(14-35)12-34(26(39)19-10-30-15-41-19)11-18(28)21(36)31-20(22(37)29-3)24-33-32-23(40-24)16-7-5-4-6-8-16/h10,15-18,20H,4-9,11-14H2,1-3H3,(H,29,37)(H,31,36)/t17-,18+,20?/m1/s1. The van der Waals surface area contributed by atoms with Crippen LogP contribution in [0.3, 0.4) is 0 Å². The fraction of sp³-hybridized carbons (Fsp3) is 0.679.